The van der Waals surface area contributed by atoms with Crippen molar-refractivity contribution in [2.45, 2.75) is 12.5 Å². The maximum atomic E-state index is 12.5. The first-order valence-electron chi connectivity index (χ1n) is 10.2. The third-order valence-corrected chi connectivity index (χ3v) is 5.27. The highest BCUT2D eigenvalue weighted by Gasteiger charge is 2.22. The molecule has 9 nitrogen and oxygen atoms in total. The largest absolute Gasteiger partial charge is 0.481 e. The van der Waals surface area contributed by atoms with Crippen molar-refractivity contribution >= 4 is 41.2 Å². The summed E-state index contributed by atoms with van der Waals surface area (Å²) in [5.74, 6) is -0.792. The molecule has 182 valence electrons. The number of carbonyl (C=O) groups is 2. The molecule has 3 rings (SSSR count). The predicted molar refractivity (Wildman–Crippen MR) is 131 cm³/mol. The van der Waals surface area contributed by atoms with E-state index in [9.17, 15) is 14.7 Å². The van der Waals surface area contributed by atoms with E-state index >= 15 is 0 Å². The SMILES string of the molecule is COc1cc(OC)nc(Oc2ccc(C=CCC(NC(=O)c3c(Cl)cccc3Cl)C(=O)O)cc2)n1. The lowest BCUT2D eigenvalue weighted by Crippen LogP contribution is -2.40. The van der Waals surface area contributed by atoms with Crippen molar-refractivity contribution in [3.05, 3.63) is 75.8 Å². The van der Waals surface area contributed by atoms with Crippen LogP contribution in [0, 0.1) is 0 Å². The van der Waals surface area contributed by atoms with Gasteiger partial charge in [-0.05, 0) is 36.2 Å². The average molecular weight is 518 g/mol. The monoisotopic (exact) mass is 517 g/mol. The molecule has 0 saturated carbocycles. The Hall–Kier alpha value is -3.82. The van der Waals surface area contributed by atoms with Gasteiger partial charge in [0.25, 0.3) is 5.91 Å². The highest BCUT2D eigenvalue weighted by molar-refractivity contribution is 6.39. The van der Waals surface area contributed by atoms with Gasteiger partial charge in [0.2, 0.25) is 11.8 Å². The Kier molecular flexibility index (Phi) is 8.88. The molecule has 0 aliphatic rings. The fourth-order valence-electron chi connectivity index (χ4n) is 2.90. The molecule has 0 aliphatic heterocycles. The molecule has 1 unspecified atom stereocenters. The Bertz CT molecular complexity index is 1190. The molecule has 0 fully saturated rings. The van der Waals surface area contributed by atoms with Crippen LogP contribution in [0.1, 0.15) is 22.3 Å². The summed E-state index contributed by atoms with van der Waals surface area (Å²) in [5.41, 5.74) is 0.811. The summed E-state index contributed by atoms with van der Waals surface area (Å²) in [6.45, 7) is 0. The van der Waals surface area contributed by atoms with Gasteiger partial charge in [0.15, 0.2) is 0 Å². The van der Waals surface area contributed by atoms with E-state index in [0.29, 0.717) is 17.5 Å². The molecule has 0 radical (unpaired) electrons. The molecule has 2 aromatic carbocycles. The quantitative estimate of drug-likeness (QED) is 0.390. The molecule has 0 spiro atoms. The fraction of sp³-hybridized carbons (Fsp3) is 0.167. The van der Waals surface area contributed by atoms with Gasteiger partial charge in [-0.3, -0.25) is 4.79 Å². The van der Waals surface area contributed by atoms with Gasteiger partial charge in [-0.1, -0.05) is 53.6 Å². The first kappa shape index (κ1) is 25.8. The molecule has 1 aromatic heterocycles. The molecule has 0 saturated heterocycles. The second-order valence-corrected chi connectivity index (χ2v) is 7.82. The van der Waals surface area contributed by atoms with Crippen LogP contribution < -0.4 is 19.5 Å². The third kappa shape index (κ3) is 7.08. The predicted octanol–water partition coefficient (Wildman–Crippen LogP) is 4.88. The molecular weight excluding hydrogens is 497 g/mol. The Morgan fingerprint density at radius 1 is 1.03 bits per heavy atom. The van der Waals surface area contributed by atoms with E-state index in [1.807, 2.05) is 0 Å². The van der Waals surface area contributed by atoms with Gasteiger partial charge >= 0.3 is 12.0 Å². The smallest absolute Gasteiger partial charge is 0.328 e. The van der Waals surface area contributed by atoms with Gasteiger partial charge in [-0.2, -0.15) is 9.97 Å². The van der Waals surface area contributed by atoms with E-state index < -0.39 is 17.9 Å². The minimum Gasteiger partial charge on any atom is -0.481 e. The van der Waals surface area contributed by atoms with E-state index in [0.717, 1.165) is 5.56 Å². The number of carboxylic acids is 1. The van der Waals surface area contributed by atoms with Gasteiger partial charge in [0.1, 0.15) is 11.8 Å². The van der Waals surface area contributed by atoms with Gasteiger partial charge in [0.05, 0.1) is 35.9 Å². The van der Waals surface area contributed by atoms with Crippen molar-refractivity contribution in [1.29, 1.82) is 0 Å². The number of nitrogens with one attached hydrogen (secondary N) is 1. The zero-order valence-electron chi connectivity index (χ0n) is 18.7. The second-order valence-electron chi connectivity index (χ2n) is 7.01. The van der Waals surface area contributed by atoms with Crippen LogP contribution in [0.5, 0.6) is 23.5 Å². The third-order valence-electron chi connectivity index (χ3n) is 4.64. The number of hydrogen-bond acceptors (Lipinski definition) is 7. The molecule has 1 atom stereocenters. The lowest BCUT2D eigenvalue weighted by Gasteiger charge is -2.14. The summed E-state index contributed by atoms with van der Waals surface area (Å²) in [6.07, 6.45) is 3.40. The number of aromatic nitrogens is 2. The minimum absolute atomic E-state index is 0.0271. The van der Waals surface area contributed by atoms with Crippen molar-refractivity contribution in [3.8, 4) is 23.5 Å². The van der Waals surface area contributed by atoms with Crippen molar-refractivity contribution in [2.24, 2.45) is 0 Å². The second kappa shape index (κ2) is 12.0. The van der Waals surface area contributed by atoms with Gasteiger partial charge < -0.3 is 24.6 Å². The highest BCUT2D eigenvalue weighted by atomic mass is 35.5. The fourth-order valence-corrected chi connectivity index (χ4v) is 3.47. The summed E-state index contributed by atoms with van der Waals surface area (Å²) < 4.78 is 15.8. The Morgan fingerprint density at radius 2 is 1.63 bits per heavy atom. The van der Waals surface area contributed by atoms with E-state index in [4.69, 9.17) is 37.4 Å². The van der Waals surface area contributed by atoms with E-state index in [1.54, 1.807) is 42.5 Å². The number of amides is 1. The summed E-state index contributed by atoms with van der Waals surface area (Å²) in [4.78, 5) is 32.3. The number of nitrogens with zero attached hydrogens (tertiary/aromatic N) is 2. The highest BCUT2D eigenvalue weighted by Crippen LogP contribution is 2.25. The molecular formula is C24H21Cl2N3O6. The zero-order chi connectivity index (χ0) is 25.4. The zero-order valence-corrected chi connectivity index (χ0v) is 20.2. The number of carbonyl (C=O) groups excluding carboxylic acids is 1. The topological polar surface area (TPSA) is 120 Å². The van der Waals surface area contributed by atoms with Crippen LogP contribution in [-0.2, 0) is 4.79 Å². The summed E-state index contributed by atoms with van der Waals surface area (Å²) in [7, 11) is 2.94. The van der Waals surface area contributed by atoms with Crippen molar-refractivity contribution in [3.63, 3.8) is 0 Å². The van der Waals surface area contributed by atoms with Gasteiger partial charge in [0, 0.05) is 0 Å². The van der Waals surface area contributed by atoms with Crippen LogP contribution in [0.25, 0.3) is 6.08 Å². The molecule has 2 N–H and O–H groups in total. The molecule has 0 aliphatic carbocycles. The molecule has 0 bridgehead atoms. The number of aliphatic carboxylic acids is 1. The molecule has 1 heterocycles. The normalized spacial score (nSPS) is 11.7. The van der Waals surface area contributed by atoms with Crippen LogP contribution >= 0.6 is 23.2 Å². The summed E-state index contributed by atoms with van der Waals surface area (Å²) in [5, 5.41) is 12.2. The Morgan fingerprint density at radius 3 is 2.17 bits per heavy atom. The van der Waals surface area contributed by atoms with Crippen LogP contribution in [0.15, 0.2) is 54.6 Å². The van der Waals surface area contributed by atoms with E-state index in [1.165, 1.54) is 32.4 Å². The molecule has 11 heteroatoms. The number of carboxylic acid groups (broad SMARTS) is 1. The lowest BCUT2D eigenvalue weighted by molar-refractivity contribution is -0.139. The number of ether oxygens (including phenoxy) is 3. The molecule has 35 heavy (non-hydrogen) atoms. The van der Waals surface area contributed by atoms with E-state index in [-0.39, 0.29) is 28.0 Å². The maximum absolute atomic E-state index is 12.5. The number of benzene rings is 2. The Balaban J connectivity index is 1.63. The first-order chi connectivity index (χ1) is 16.8. The van der Waals surface area contributed by atoms with Crippen molar-refractivity contribution in [1.82, 2.24) is 15.3 Å². The maximum Gasteiger partial charge on any atom is 0.328 e. The first-order valence-corrected chi connectivity index (χ1v) is 11.0. The van der Waals surface area contributed by atoms with Crippen LogP contribution in [0.3, 0.4) is 0 Å². The van der Waals surface area contributed by atoms with Crippen LogP contribution in [-0.4, -0.2) is 47.2 Å². The van der Waals surface area contributed by atoms with Crippen LogP contribution in [0.4, 0.5) is 0 Å². The lowest BCUT2D eigenvalue weighted by atomic mass is 10.1. The standard InChI is InChI=1S/C24H21Cl2N3O6/c1-33-19-13-20(34-2)29-24(28-19)35-15-11-9-14(10-12-15)5-3-8-18(23(31)32)27-22(30)21-16(25)6-4-7-17(21)26/h3-7,9-13,18H,8H2,1-2H3,(H,27,30)(H,31,32). The number of rotatable bonds is 10. The summed E-state index contributed by atoms with van der Waals surface area (Å²) >= 11 is 12.1. The number of halogens is 2. The number of hydrogen-bond donors (Lipinski definition) is 2. The van der Waals surface area contributed by atoms with Crippen molar-refractivity contribution in [2.75, 3.05) is 14.2 Å². The average Bonchev–Trinajstić information content (AvgIpc) is 2.84. The van der Waals surface area contributed by atoms with Crippen LogP contribution in [0.2, 0.25) is 10.0 Å². The minimum atomic E-state index is -1.19. The molecule has 3 aromatic rings. The van der Waals surface area contributed by atoms with Gasteiger partial charge in [-0.15, -0.1) is 0 Å². The van der Waals surface area contributed by atoms with E-state index in [2.05, 4.69) is 15.3 Å². The number of methoxy groups -OCH3 is 2. The van der Waals surface area contributed by atoms with Gasteiger partial charge in [-0.25, -0.2) is 4.79 Å². The Labute approximate surface area is 211 Å². The van der Waals surface area contributed by atoms with Crippen molar-refractivity contribution < 1.29 is 28.9 Å². The molecule has 1 amide bonds. The summed E-state index contributed by atoms with van der Waals surface area (Å²) in [6, 6.07) is 11.9.